The van der Waals surface area contributed by atoms with Crippen LogP contribution in [0, 0.1) is 0 Å². The van der Waals surface area contributed by atoms with Gasteiger partial charge in [-0.05, 0) is 42.0 Å². The number of ether oxygens (including phenoxy) is 1. The van der Waals surface area contributed by atoms with Crippen LogP contribution in [0.1, 0.15) is 10.4 Å². The molecule has 0 aliphatic carbocycles. The molecule has 5 nitrogen and oxygen atoms in total. The summed E-state index contributed by atoms with van der Waals surface area (Å²) in [5, 5.41) is 11.6. The fraction of sp³-hybridized carbons (Fsp3) is 0. The number of carboxylic acid groups (broad SMARTS) is 1. The zero-order valence-electron chi connectivity index (χ0n) is 16.4. The molecule has 0 atom stereocenters. The highest BCUT2D eigenvalue weighted by Crippen LogP contribution is 2.40. The number of aromatic nitrogens is 1. The summed E-state index contributed by atoms with van der Waals surface area (Å²) in [6, 6.07) is 28.3. The summed E-state index contributed by atoms with van der Waals surface area (Å²) in [5.74, 6) is -0.733. The van der Waals surface area contributed by atoms with Gasteiger partial charge in [-0.15, -0.1) is 0 Å². The van der Waals surface area contributed by atoms with Crippen LogP contribution in [0.3, 0.4) is 0 Å². The lowest BCUT2D eigenvalue weighted by atomic mass is 9.97. The number of aromatic carboxylic acids is 1. The summed E-state index contributed by atoms with van der Waals surface area (Å²) in [6.07, 6.45) is 0. The molecule has 5 aromatic rings. The lowest BCUT2D eigenvalue weighted by Crippen LogP contribution is -2.01. The van der Waals surface area contributed by atoms with E-state index in [0.717, 1.165) is 27.5 Å². The van der Waals surface area contributed by atoms with E-state index < -0.39 is 5.97 Å². The van der Waals surface area contributed by atoms with Gasteiger partial charge in [-0.2, -0.15) is 0 Å². The first-order valence-electron chi connectivity index (χ1n) is 9.74. The quantitative estimate of drug-likeness (QED) is 0.380. The van der Waals surface area contributed by atoms with Gasteiger partial charge in [0.05, 0.1) is 16.6 Å². The summed E-state index contributed by atoms with van der Waals surface area (Å²) in [7, 11) is 0. The van der Waals surface area contributed by atoms with Crippen LogP contribution in [0.5, 0.6) is 5.75 Å². The van der Waals surface area contributed by atoms with Crippen LogP contribution >= 0.6 is 0 Å². The zero-order chi connectivity index (χ0) is 21.4. The predicted molar refractivity (Wildman–Crippen MR) is 120 cm³/mol. The summed E-state index contributed by atoms with van der Waals surface area (Å²) in [5.41, 5.74) is 4.04. The van der Waals surface area contributed by atoms with Gasteiger partial charge in [0.2, 0.25) is 0 Å². The Morgan fingerprint density at radius 1 is 0.774 bits per heavy atom. The molecule has 0 amide bonds. The molecule has 0 aliphatic heterocycles. The number of carboxylic acids is 1. The van der Waals surface area contributed by atoms with Gasteiger partial charge < -0.3 is 14.4 Å². The fourth-order valence-corrected chi connectivity index (χ4v) is 4.11. The van der Waals surface area contributed by atoms with Crippen molar-refractivity contribution in [2.45, 2.75) is 0 Å². The minimum atomic E-state index is -1.05. The van der Waals surface area contributed by atoms with E-state index in [1.807, 2.05) is 60.7 Å². The minimum absolute atomic E-state index is 0.139. The second kappa shape index (κ2) is 7.46. The van der Waals surface area contributed by atoms with Gasteiger partial charge in [-0.1, -0.05) is 54.6 Å². The zero-order valence-corrected chi connectivity index (χ0v) is 16.4. The Labute approximate surface area is 177 Å². The van der Waals surface area contributed by atoms with Crippen molar-refractivity contribution in [1.82, 2.24) is 4.57 Å². The van der Waals surface area contributed by atoms with Crippen molar-refractivity contribution in [2.75, 3.05) is 0 Å². The molecule has 1 N–H and O–H groups in total. The SMILES string of the molecule is O=COc1cc2c3ccccc3n(-c3ccccc3)c2cc1-c1ccccc1C(=O)O. The molecule has 5 heteroatoms. The number of rotatable bonds is 5. The van der Waals surface area contributed by atoms with Crippen molar-refractivity contribution in [3.05, 3.63) is 96.6 Å². The number of hydrogen-bond donors (Lipinski definition) is 1. The molecule has 0 radical (unpaired) electrons. The average molecular weight is 407 g/mol. The van der Waals surface area contributed by atoms with Crippen LogP contribution in [0.15, 0.2) is 91.0 Å². The number of carbonyl (C=O) groups excluding carboxylic acids is 1. The van der Waals surface area contributed by atoms with Crippen LogP contribution in [0.25, 0.3) is 38.6 Å². The van der Waals surface area contributed by atoms with Crippen LogP contribution in [-0.4, -0.2) is 22.1 Å². The second-order valence-corrected chi connectivity index (χ2v) is 7.12. The Hall–Kier alpha value is -4.38. The Morgan fingerprint density at radius 3 is 2.26 bits per heavy atom. The van der Waals surface area contributed by atoms with E-state index in [-0.39, 0.29) is 5.56 Å². The lowest BCUT2D eigenvalue weighted by molar-refractivity contribution is -0.120. The molecule has 150 valence electrons. The number of hydrogen-bond acceptors (Lipinski definition) is 3. The number of nitrogens with zero attached hydrogens (tertiary/aromatic N) is 1. The third-order valence-corrected chi connectivity index (χ3v) is 5.41. The van der Waals surface area contributed by atoms with E-state index in [2.05, 4.69) is 4.57 Å². The molecule has 0 saturated carbocycles. The van der Waals surface area contributed by atoms with Crippen molar-refractivity contribution in [1.29, 1.82) is 0 Å². The van der Waals surface area contributed by atoms with Crippen LogP contribution in [0.4, 0.5) is 0 Å². The lowest BCUT2D eigenvalue weighted by Gasteiger charge is -2.13. The van der Waals surface area contributed by atoms with Crippen molar-refractivity contribution in [3.63, 3.8) is 0 Å². The van der Waals surface area contributed by atoms with Gasteiger partial charge >= 0.3 is 5.97 Å². The standard InChI is InChI=1S/C26H17NO4/c28-16-31-25-15-21-19-11-6-7-13-23(19)27(17-8-2-1-3-9-17)24(21)14-22(25)18-10-4-5-12-20(18)26(29)30/h1-16H,(H,29,30). The van der Waals surface area contributed by atoms with Crippen molar-refractivity contribution < 1.29 is 19.4 Å². The van der Waals surface area contributed by atoms with Gasteiger partial charge in [0.1, 0.15) is 5.75 Å². The first kappa shape index (κ1) is 18.6. The Morgan fingerprint density at radius 2 is 1.48 bits per heavy atom. The number of benzene rings is 4. The van der Waals surface area contributed by atoms with E-state index >= 15 is 0 Å². The van der Waals surface area contributed by atoms with E-state index in [4.69, 9.17) is 4.74 Å². The van der Waals surface area contributed by atoms with Crippen molar-refractivity contribution in [2.24, 2.45) is 0 Å². The predicted octanol–water partition coefficient (Wildman–Crippen LogP) is 5.68. The summed E-state index contributed by atoms with van der Waals surface area (Å²) < 4.78 is 7.44. The Balaban J connectivity index is 1.92. The number of para-hydroxylation sites is 2. The molecule has 0 saturated heterocycles. The molecule has 0 fully saturated rings. The highest BCUT2D eigenvalue weighted by Gasteiger charge is 2.20. The second-order valence-electron chi connectivity index (χ2n) is 7.12. The molecular formula is C26H17NO4. The molecule has 0 bridgehead atoms. The highest BCUT2D eigenvalue weighted by molar-refractivity contribution is 6.11. The first-order chi connectivity index (χ1) is 15.2. The molecule has 4 aromatic carbocycles. The summed E-state index contributed by atoms with van der Waals surface area (Å²) in [4.78, 5) is 23.1. The molecule has 0 aliphatic rings. The Kier molecular flexibility index (Phi) is 4.49. The first-order valence-corrected chi connectivity index (χ1v) is 9.74. The molecule has 1 heterocycles. The maximum Gasteiger partial charge on any atom is 0.336 e. The highest BCUT2D eigenvalue weighted by atomic mass is 16.5. The third-order valence-electron chi connectivity index (χ3n) is 5.41. The molecule has 0 unspecified atom stereocenters. The van der Waals surface area contributed by atoms with E-state index in [9.17, 15) is 14.7 Å². The smallest absolute Gasteiger partial charge is 0.336 e. The topological polar surface area (TPSA) is 68.5 Å². The van der Waals surface area contributed by atoms with Crippen LogP contribution < -0.4 is 4.74 Å². The minimum Gasteiger partial charge on any atom is -0.478 e. The number of fused-ring (bicyclic) bond motifs is 3. The van der Waals surface area contributed by atoms with Crippen molar-refractivity contribution >= 4 is 34.2 Å². The summed E-state index contributed by atoms with van der Waals surface area (Å²) in [6.45, 7) is 0.366. The van der Waals surface area contributed by atoms with E-state index in [0.29, 0.717) is 23.3 Å². The number of carbonyl (C=O) groups is 2. The fourth-order valence-electron chi connectivity index (χ4n) is 4.11. The largest absolute Gasteiger partial charge is 0.478 e. The van der Waals surface area contributed by atoms with Crippen LogP contribution in [-0.2, 0) is 4.79 Å². The van der Waals surface area contributed by atoms with E-state index in [1.54, 1.807) is 30.3 Å². The van der Waals surface area contributed by atoms with Crippen LogP contribution in [0.2, 0.25) is 0 Å². The van der Waals surface area contributed by atoms with Gasteiger partial charge in [0.15, 0.2) is 0 Å². The van der Waals surface area contributed by atoms with Gasteiger partial charge in [0, 0.05) is 22.0 Å². The Bertz CT molecular complexity index is 1450. The average Bonchev–Trinajstić information content (AvgIpc) is 3.13. The maximum absolute atomic E-state index is 11.8. The molecule has 0 spiro atoms. The van der Waals surface area contributed by atoms with E-state index in [1.165, 1.54) is 0 Å². The normalized spacial score (nSPS) is 11.0. The van der Waals surface area contributed by atoms with Crippen molar-refractivity contribution in [3.8, 4) is 22.6 Å². The maximum atomic E-state index is 11.8. The van der Waals surface area contributed by atoms with Gasteiger partial charge in [-0.3, -0.25) is 4.79 Å². The molecule has 31 heavy (non-hydrogen) atoms. The summed E-state index contributed by atoms with van der Waals surface area (Å²) >= 11 is 0. The molecular weight excluding hydrogens is 390 g/mol. The van der Waals surface area contributed by atoms with Gasteiger partial charge in [-0.25, -0.2) is 4.79 Å². The monoisotopic (exact) mass is 407 g/mol. The van der Waals surface area contributed by atoms with Gasteiger partial charge in [0.25, 0.3) is 6.47 Å². The molecule has 1 aromatic heterocycles. The molecule has 5 rings (SSSR count). The third kappa shape index (κ3) is 3.04.